The maximum atomic E-state index is 12.0. The summed E-state index contributed by atoms with van der Waals surface area (Å²) in [5.41, 5.74) is 2.72. The summed E-state index contributed by atoms with van der Waals surface area (Å²) >= 11 is 0. The average Bonchev–Trinajstić information content (AvgIpc) is 3.38. The Kier molecular flexibility index (Phi) is 7.20. The third kappa shape index (κ3) is 5.42. The molecule has 3 aromatic rings. The van der Waals surface area contributed by atoms with Crippen molar-refractivity contribution >= 4 is 33.9 Å². The largest absolute Gasteiger partial charge is 0.490 e. The predicted molar refractivity (Wildman–Crippen MR) is 112 cm³/mol. The van der Waals surface area contributed by atoms with Gasteiger partial charge in [-0.2, -0.15) is 18.4 Å². The first-order valence-corrected chi connectivity index (χ1v) is 10.4. The first-order valence-electron chi connectivity index (χ1n) is 10.4. The van der Waals surface area contributed by atoms with E-state index in [-0.39, 0.29) is 12.3 Å². The molecule has 33 heavy (non-hydrogen) atoms. The number of H-pyrrole nitrogens is 1. The number of aromatic amines is 1. The summed E-state index contributed by atoms with van der Waals surface area (Å²) in [6.07, 6.45) is 3.57. The molecule has 3 N–H and O–H groups in total. The minimum atomic E-state index is -5.08. The van der Waals surface area contributed by atoms with Gasteiger partial charge in [-0.25, -0.2) is 14.8 Å². The van der Waals surface area contributed by atoms with Gasteiger partial charge in [-0.1, -0.05) is 0 Å². The zero-order valence-corrected chi connectivity index (χ0v) is 17.8. The molecule has 0 saturated heterocycles. The van der Waals surface area contributed by atoms with E-state index >= 15 is 0 Å². The van der Waals surface area contributed by atoms with E-state index in [0.717, 1.165) is 53.6 Å². The fraction of sp³-hybridized carbons (Fsp3) is 0.476. The molecule has 1 aliphatic rings. The quantitative estimate of drug-likeness (QED) is 0.541. The monoisotopic (exact) mass is 464 g/mol. The number of carboxylic acids is 1. The number of carbonyl (C=O) groups is 2. The molecule has 0 atom stereocenters. The number of hydrogen-bond donors (Lipinski definition) is 3. The van der Waals surface area contributed by atoms with Crippen LogP contribution in [0.4, 0.5) is 13.2 Å². The van der Waals surface area contributed by atoms with Gasteiger partial charge in [0.25, 0.3) is 0 Å². The molecule has 0 aliphatic heterocycles. The third-order valence-corrected chi connectivity index (χ3v) is 5.71. The fourth-order valence-electron chi connectivity index (χ4n) is 4.13. The van der Waals surface area contributed by atoms with Crippen molar-refractivity contribution < 1.29 is 27.9 Å². The molecule has 1 amide bonds. The Morgan fingerprint density at radius 1 is 1.33 bits per heavy atom. The Morgan fingerprint density at radius 3 is 2.58 bits per heavy atom. The van der Waals surface area contributed by atoms with Gasteiger partial charge in [0.15, 0.2) is 0 Å². The number of imidazole rings is 1. The lowest BCUT2D eigenvalue weighted by molar-refractivity contribution is -0.192. The highest BCUT2D eigenvalue weighted by Crippen LogP contribution is 2.37. The highest BCUT2D eigenvalue weighted by atomic mass is 19.4. The Morgan fingerprint density at radius 2 is 2.00 bits per heavy atom. The standard InChI is InChI=1S/C19H22N6O.C2HF3O2/c1-21-17(26)10-16-24-15-11-23-19-14(7-9-22-19)18(15)25(16)13-4-2-12(3-5-13)6-8-20;3-2(4,5)1(6)7/h7,9,11-13H,2-6,10H2,1H3,(H,21,26)(H,22,23);(H,6,7). The molecule has 1 aliphatic carbocycles. The van der Waals surface area contributed by atoms with Crippen LogP contribution < -0.4 is 5.32 Å². The van der Waals surface area contributed by atoms with Gasteiger partial charge < -0.3 is 20.0 Å². The molecule has 0 spiro atoms. The molecule has 0 radical (unpaired) electrons. The highest BCUT2D eigenvalue weighted by molar-refractivity contribution is 6.01. The molecule has 1 saturated carbocycles. The number of halogens is 3. The summed E-state index contributed by atoms with van der Waals surface area (Å²) in [4.78, 5) is 33.2. The normalized spacial score (nSPS) is 18.4. The number of nitriles is 1. The third-order valence-electron chi connectivity index (χ3n) is 5.71. The van der Waals surface area contributed by atoms with Crippen LogP contribution in [0.25, 0.3) is 22.1 Å². The smallest absolute Gasteiger partial charge is 0.475 e. The van der Waals surface area contributed by atoms with Crippen molar-refractivity contribution in [3.05, 3.63) is 24.3 Å². The van der Waals surface area contributed by atoms with E-state index in [9.17, 15) is 18.0 Å². The molecule has 1 fully saturated rings. The number of aromatic nitrogens is 4. The molecule has 3 aromatic heterocycles. The Balaban J connectivity index is 0.000000383. The van der Waals surface area contributed by atoms with Gasteiger partial charge in [0.1, 0.15) is 17.0 Å². The minimum absolute atomic E-state index is 0.0435. The lowest BCUT2D eigenvalue weighted by Gasteiger charge is -2.29. The number of rotatable bonds is 4. The predicted octanol–water partition coefficient (Wildman–Crippen LogP) is 3.48. The topological polar surface area (TPSA) is 137 Å². The summed E-state index contributed by atoms with van der Waals surface area (Å²) in [5, 5.41) is 19.8. The van der Waals surface area contributed by atoms with Crippen LogP contribution >= 0.6 is 0 Å². The average molecular weight is 464 g/mol. The van der Waals surface area contributed by atoms with Crippen molar-refractivity contribution in [2.24, 2.45) is 5.92 Å². The van der Waals surface area contributed by atoms with Gasteiger partial charge in [-0.3, -0.25) is 4.79 Å². The Labute approximate surface area is 186 Å². The van der Waals surface area contributed by atoms with Crippen LogP contribution in [0.1, 0.15) is 44.0 Å². The number of nitrogens with zero attached hydrogens (tertiary/aromatic N) is 4. The van der Waals surface area contributed by atoms with E-state index < -0.39 is 12.1 Å². The van der Waals surface area contributed by atoms with E-state index in [0.29, 0.717) is 18.4 Å². The number of carboxylic acid groups (broad SMARTS) is 1. The molecule has 12 heteroatoms. The lowest BCUT2D eigenvalue weighted by Crippen LogP contribution is -2.25. The first kappa shape index (κ1) is 24.0. The van der Waals surface area contributed by atoms with Crippen LogP contribution in [-0.2, 0) is 16.0 Å². The molecule has 176 valence electrons. The molecule has 3 heterocycles. The molecular formula is C21H23F3N6O3. The number of alkyl halides is 3. The summed E-state index contributed by atoms with van der Waals surface area (Å²) in [5.74, 6) is -1.52. The minimum Gasteiger partial charge on any atom is -0.475 e. The first-order chi connectivity index (χ1) is 15.7. The number of hydrogen-bond acceptors (Lipinski definition) is 5. The van der Waals surface area contributed by atoms with Crippen LogP contribution in [0.15, 0.2) is 18.5 Å². The van der Waals surface area contributed by atoms with Crippen LogP contribution in [-0.4, -0.2) is 49.7 Å². The SMILES string of the molecule is CNC(=O)Cc1nc2cnc3[nH]ccc3c2n1C1CCC(CC#N)CC1.O=C(O)C(F)(F)F. The van der Waals surface area contributed by atoms with Gasteiger partial charge in [0.05, 0.1) is 24.2 Å². The Hall–Kier alpha value is -3.62. The molecule has 0 bridgehead atoms. The molecule has 0 unspecified atom stereocenters. The van der Waals surface area contributed by atoms with Crippen molar-refractivity contribution in [3.63, 3.8) is 0 Å². The molecule has 9 nitrogen and oxygen atoms in total. The van der Waals surface area contributed by atoms with E-state index in [1.54, 1.807) is 13.2 Å². The van der Waals surface area contributed by atoms with Crippen LogP contribution in [0.3, 0.4) is 0 Å². The van der Waals surface area contributed by atoms with E-state index in [2.05, 4.69) is 25.9 Å². The number of likely N-dealkylation sites (N-methyl/N-ethyl adjacent to an activating group) is 1. The van der Waals surface area contributed by atoms with Gasteiger partial charge >= 0.3 is 12.1 Å². The number of fused-ring (bicyclic) bond motifs is 3. The number of amides is 1. The fourth-order valence-corrected chi connectivity index (χ4v) is 4.13. The van der Waals surface area contributed by atoms with Gasteiger partial charge in [0, 0.05) is 31.1 Å². The number of pyridine rings is 1. The number of aliphatic carboxylic acids is 1. The molecular weight excluding hydrogens is 441 g/mol. The molecule has 4 rings (SSSR count). The lowest BCUT2D eigenvalue weighted by atomic mass is 9.84. The van der Waals surface area contributed by atoms with Crippen LogP contribution in [0.5, 0.6) is 0 Å². The summed E-state index contributed by atoms with van der Waals surface area (Å²) in [7, 11) is 1.65. The molecule has 0 aromatic carbocycles. The maximum absolute atomic E-state index is 12.0. The van der Waals surface area contributed by atoms with Gasteiger partial charge in [-0.05, 0) is 37.7 Å². The van der Waals surface area contributed by atoms with Gasteiger partial charge in [0.2, 0.25) is 5.91 Å². The van der Waals surface area contributed by atoms with Crippen molar-refractivity contribution in [1.29, 1.82) is 5.26 Å². The summed E-state index contributed by atoms with van der Waals surface area (Å²) in [6.45, 7) is 0. The van der Waals surface area contributed by atoms with Gasteiger partial charge in [-0.15, -0.1) is 0 Å². The highest BCUT2D eigenvalue weighted by Gasteiger charge is 2.38. The summed E-state index contributed by atoms with van der Waals surface area (Å²) < 4.78 is 34.0. The number of carbonyl (C=O) groups excluding carboxylic acids is 1. The van der Waals surface area contributed by atoms with Crippen LogP contribution in [0.2, 0.25) is 0 Å². The summed E-state index contributed by atoms with van der Waals surface area (Å²) in [6, 6.07) is 4.62. The van der Waals surface area contributed by atoms with Crippen molar-refractivity contribution in [3.8, 4) is 6.07 Å². The Bertz CT molecular complexity index is 1190. The van der Waals surface area contributed by atoms with E-state index in [1.807, 2.05) is 12.3 Å². The zero-order valence-electron chi connectivity index (χ0n) is 17.8. The van der Waals surface area contributed by atoms with Crippen molar-refractivity contribution in [2.45, 2.75) is 50.7 Å². The van der Waals surface area contributed by atoms with E-state index in [1.165, 1.54) is 0 Å². The number of nitrogens with one attached hydrogen (secondary N) is 2. The maximum Gasteiger partial charge on any atom is 0.490 e. The second kappa shape index (κ2) is 9.89. The van der Waals surface area contributed by atoms with E-state index in [4.69, 9.17) is 20.1 Å². The zero-order chi connectivity index (χ0) is 24.2. The second-order valence-electron chi connectivity index (χ2n) is 7.82. The van der Waals surface area contributed by atoms with Crippen LogP contribution in [0, 0.1) is 17.2 Å². The van der Waals surface area contributed by atoms with Crippen molar-refractivity contribution in [1.82, 2.24) is 24.8 Å². The second-order valence-corrected chi connectivity index (χ2v) is 7.82. The van der Waals surface area contributed by atoms with Crippen molar-refractivity contribution in [2.75, 3.05) is 7.05 Å².